The molecule has 0 radical (unpaired) electrons. The van der Waals surface area contributed by atoms with Crippen LogP contribution in [0.5, 0.6) is 0 Å². The summed E-state index contributed by atoms with van der Waals surface area (Å²) in [7, 11) is -4.01. The third-order valence-electron chi connectivity index (χ3n) is 3.38. The van der Waals surface area contributed by atoms with Crippen LogP contribution < -0.4 is 21.7 Å². The lowest BCUT2D eigenvalue weighted by Gasteiger charge is -2.27. The van der Waals surface area contributed by atoms with E-state index in [1.54, 1.807) is 0 Å². The molecule has 1 fully saturated rings. The van der Waals surface area contributed by atoms with Gasteiger partial charge in [0.15, 0.2) is 4.90 Å². The van der Waals surface area contributed by atoms with Crippen molar-refractivity contribution in [1.82, 2.24) is 14.7 Å². The fourth-order valence-electron chi connectivity index (χ4n) is 2.34. The van der Waals surface area contributed by atoms with Gasteiger partial charge in [0.1, 0.15) is 0 Å². The van der Waals surface area contributed by atoms with Gasteiger partial charge in [0.2, 0.25) is 10.0 Å². The monoisotopic (exact) mass is 288 g/mol. The Bertz CT molecular complexity index is 669. The molecule has 0 atom stereocenters. The van der Waals surface area contributed by atoms with E-state index in [2.05, 4.69) is 9.71 Å². The van der Waals surface area contributed by atoms with Crippen LogP contribution in [0.25, 0.3) is 0 Å². The zero-order chi connectivity index (χ0) is 14.1. The zero-order valence-electron chi connectivity index (χ0n) is 10.2. The van der Waals surface area contributed by atoms with Crippen LogP contribution in [0, 0.1) is 0 Å². The number of sulfonamides is 1. The fourth-order valence-corrected chi connectivity index (χ4v) is 3.81. The molecule has 1 saturated carbocycles. The molecular formula is C10H16N4O4S. The second kappa shape index (κ2) is 4.91. The lowest BCUT2D eigenvalue weighted by atomic mass is 10.0. The summed E-state index contributed by atoms with van der Waals surface area (Å²) in [5, 5.41) is 0. The number of aromatic amines is 2. The molecule has 19 heavy (non-hydrogen) atoms. The fraction of sp³-hybridized carbons (Fsp3) is 0.600. The van der Waals surface area contributed by atoms with Crippen LogP contribution >= 0.6 is 0 Å². The van der Waals surface area contributed by atoms with Crippen molar-refractivity contribution in [3.05, 3.63) is 27.0 Å². The average molecular weight is 288 g/mol. The minimum Gasteiger partial charge on any atom is -0.329 e. The van der Waals surface area contributed by atoms with E-state index >= 15 is 0 Å². The van der Waals surface area contributed by atoms with Crippen LogP contribution in [-0.4, -0.2) is 30.5 Å². The zero-order valence-corrected chi connectivity index (χ0v) is 11.0. The maximum Gasteiger partial charge on any atom is 0.325 e. The van der Waals surface area contributed by atoms with Gasteiger partial charge in [0, 0.05) is 18.3 Å². The topological polar surface area (TPSA) is 138 Å². The van der Waals surface area contributed by atoms with Crippen molar-refractivity contribution in [2.45, 2.75) is 36.1 Å². The van der Waals surface area contributed by atoms with E-state index in [1.165, 1.54) is 0 Å². The lowest BCUT2D eigenvalue weighted by molar-refractivity contribution is 0.399. The van der Waals surface area contributed by atoms with E-state index in [1.807, 2.05) is 4.98 Å². The summed E-state index contributed by atoms with van der Waals surface area (Å²) >= 11 is 0. The van der Waals surface area contributed by atoms with Crippen LogP contribution in [0.3, 0.4) is 0 Å². The highest BCUT2D eigenvalue weighted by Crippen LogP contribution is 2.29. The summed E-state index contributed by atoms with van der Waals surface area (Å²) in [5.41, 5.74) is 3.26. The minimum atomic E-state index is -4.01. The van der Waals surface area contributed by atoms with Gasteiger partial charge >= 0.3 is 5.69 Å². The Hall–Kier alpha value is -1.45. The van der Waals surface area contributed by atoms with Crippen LogP contribution in [-0.2, 0) is 10.0 Å². The lowest BCUT2D eigenvalue weighted by Crippen LogP contribution is -2.52. The molecule has 9 heteroatoms. The molecule has 8 nitrogen and oxygen atoms in total. The first-order valence-electron chi connectivity index (χ1n) is 5.95. The Labute approximate surface area is 109 Å². The smallest absolute Gasteiger partial charge is 0.325 e. The third-order valence-corrected chi connectivity index (χ3v) is 4.96. The van der Waals surface area contributed by atoms with E-state index in [9.17, 15) is 18.0 Å². The summed E-state index contributed by atoms with van der Waals surface area (Å²) in [6, 6.07) is 0. The average Bonchev–Trinajstić information content (AvgIpc) is 2.77. The summed E-state index contributed by atoms with van der Waals surface area (Å²) < 4.78 is 26.9. The number of nitrogens with one attached hydrogen (secondary N) is 3. The SMILES string of the molecule is NCC1(NS(=O)(=O)c2c[nH]c(=O)[nH]c2=O)CCCC1. The summed E-state index contributed by atoms with van der Waals surface area (Å²) in [6.45, 7) is 0.174. The van der Waals surface area contributed by atoms with E-state index in [-0.39, 0.29) is 6.54 Å². The maximum absolute atomic E-state index is 12.2. The highest BCUT2D eigenvalue weighted by Gasteiger charge is 2.37. The van der Waals surface area contributed by atoms with Crippen molar-refractivity contribution in [3.63, 3.8) is 0 Å². The van der Waals surface area contributed by atoms with Crippen molar-refractivity contribution < 1.29 is 8.42 Å². The molecule has 0 aliphatic heterocycles. The van der Waals surface area contributed by atoms with Crippen molar-refractivity contribution in [2.24, 2.45) is 5.73 Å². The van der Waals surface area contributed by atoms with Gasteiger partial charge in [0.05, 0.1) is 0 Å². The predicted molar refractivity (Wildman–Crippen MR) is 68.3 cm³/mol. The maximum atomic E-state index is 12.2. The van der Waals surface area contributed by atoms with Crippen molar-refractivity contribution in [1.29, 1.82) is 0 Å². The predicted octanol–water partition coefficient (Wildman–Crippen LogP) is -1.39. The first-order valence-corrected chi connectivity index (χ1v) is 7.43. The minimum absolute atomic E-state index is 0.174. The molecule has 106 valence electrons. The Morgan fingerprint density at radius 3 is 2.47 bits per heavy atom. The molecule has 1 aromatic rings. The highest BCUT2D eigenvalue weighted by molar-refractivity contribution is 7.89. The van der Waals surface area contributed by atoms with Crippen molar-refractivity contribution in [2.75, 3.05) is 6.54 Å². The molecule has 0 aromatic carbocycles. The van der Waals surface area contributed by atoms with E-state index in [4.69, 9.17) is 5.73 Å². The summed E-state index contributed by atoms with van der Waals surface area (Å²) in [4.78, 5) is 25.9. The molecule has 1 aliphatic carbocycles. The number of hydrogen-bond donors (Lipinski definition) is 4. The molecular weight excluding hydrogens is 272 g/mol. The van der Waals surface area contributed by atoms with Gasteiger partial charge in [-0.15, -0.1) is 0 Å². The Kier molecular flexibility index (Phi) is 3.61. The third kappa shape index (κ3) is 2.77. The highest BCUT2D eigenvalue weighted by atomic mass is 32.2. The quantitative estimate of drug-likeness (QED) is 0.540. The molecule has 0 saturated heterocycles. The van der Waals surface area contributed by atoms with Gasteiger partial charge in [-0.25, -0.2) is 17.9 Å². The molecule has 0 unspecified atom stereocenters. The second-order valence-electron chi connectivity index (χ2n) is 4.73. The Morgan fingerprint density at radius 1 is 1.32 bits per heavy atom. The molecule has 5 N–H and O–H groups in total. The van der Waals surface area contributed by atoms with Gasteiger partial charge in [-0.1, -0.05) is 12.8 Å². The van der Waals surface area contributed by atoms with Crippen LogP contribution in [0.15, 0.2) is 20.7 Å². The van der Waals surface area contributed by atoms with E-state index in [0.29, 0.717) is 12.8 Å². The Morgan fingerprint density at radius 2 is 1.95 bits per heavy atom. The van der Waals surface area contributed by atoms with Crippen molar-refractivity contribution in [3.8, 4) is 0 Å². The first-order chi connectivity index (χ1) is 8.88. The van der Waals surface area contributed by atoms with Crippen LogP contribution in [0.1, 0.15) is 25.7 Å². The summed E-state index contributed by atoms with van der Waals surface area (Å²) in [5.74, 6) is 0. The normalized spacial score (nSPS) is 18.6. The van der Waals surface area contributed by atoms with Gasteiger partial charge in [-0.3, -0.25) is 9.78 Å². The van der Waals surface area contributed by atoms with Gasteiger partial charge in [-0.2, -0.15) is 0 Å². The Balaban J connectivity index is 2.37. The molecule has 0 spiro atoms. The largest absolute Gasteiger partial charge is 0.329 e. The van der Waals surface area contributed by atoms with E-state index < -0.39 is 31.7 Å². The number of nitrogens with two attached hydrogens (primary N) is 1. The van der Waals surface area contributed by atoms with Gasteiger partial charge in [0.25, 0.3) is 5.56 Å². The molecule has 0 amide bonds. The number of hydrogen-bond acceptors (Lipinski definition) is 5. The second-order valence-corrected chi connectivity index (χ2v) is 6.38. The number of rotatable bonds is 4. The summed E-state index contributed by atoms with van der Waals surface area (Å²) in [6.07, 6.45) is 3.96. The van der Waals surface area contributed by atoms with Crippen LogP contribution in [0.2, 0.25) is 0 Å². The van der Waals surface area contributed by atoms with Crippen molar-refractivity contribution >= 4 is 10.0 Å². The molecule has 2 rings (SSSR count). The number of H-pyrrole nitrogens is 2. The molecule has 1 heterocycles. The van der Waals surface area contributed by atoms with Gasteiger partial charge in [-0.05, 0) is 12.8 Å². The molecule has 0 bridgehead atoms. The molecule has 1 aliphatic rings. The van der Waals surface area contributed by atoms with E-state index in [0.717, 1.165) is 19.0 Å². The van der Waals surface area contributed by atoms with Crippen LogP contribution in [0.4, 0.5) is 0 Å². The van der Waals surface area contributed by atoms with Gasteiger partial charge < -0.3 is 10.7 Å². The first kappa shape index (κ1) is 14.0. The standard InChI is InChI=1S/C10H16N4O4S/c11-6-10(3-1-2-4-10)14-19(17,18)7-5-12-9(16)13-8(7)15/h5,14H,1-4,6,11H2,(H2,12,13,15,16). The molecule has 1 aromatic heterocycles. The number of aromatic nitrogens is 2.